The van der Waals surface area contributed by atoms with Gasteiger partial charge in [0.2, 0.25) is 0 Å². The maximum absolute atomic E-state index is 13.5. The highest BCUT2D eigenvalue weighted by atomic mass is 19.1. The van der Waals surface area contributed by atoms with E-state index in [0.717, 1.165) is 25.8 Å². The summed E-state index contributed by atoms with van der Waals surface area (Å²) in [6.45, 7) is 5.04. The van der Waals surface area contributed by atoms with Gasteiger partial charge in [0, 0.05) is 25.2 Å². The third-order valence-corrected chi connectivity index (χ3v) is 5.78. The summed E-state index contributed by atoms with van der Waals surface area (Å²) in [7, 11) is 0. The number of rotatable bonds is 6. The average molecular weight is 439 g/mol. The molecular formula is C24H27FN4O3. The predicted octanol–water partition coefficient (Wildman–Crippen LogP) is 3.43. The minimum absolute atomic E-state index is 0.0635. The quantitative estimate of drug-likeness (QED) is 0.638. The molecule has 8 heteroatoms. The van der Waals surface area contributed by atoms with Gasteiger partial charge < -0.3 is 14.6 Å². The van der Waals surface area contributed by atoms with Gasteiger partial charge >= 0.3 is 0 Å². The van der Waals surface area contributed by atoms with Crippen LogP contribution in [0.2, 0.25) is 0 Å². The van der Waals surface area contributed by atoms with E-state index in [2.05, 4.69) is 15.3 Å². The van der Waals surface area contributed by atoms with Crippen LogP contribution in [0, 0.1) is 19.7 Å². The van der Waals surface area contributed by atoms with Crippen LogP contribution in [-0.4, -0.2) is 34.8 Å². The molecule has 3 heterocycles. The van der Waals surface area contributed by atoms with Gasteiger partial charge in [-0.25, -0.2) is 9.07 Å². The molecule has 1 N–H and O–H groups in total. The fraction of sp³-hybridized carbons (Fsp3) is 0.375. The lowest BCUT2D eigenvalue weighted by Crippen LogP contribution is -2.47. The Morgan fingerprint density at radius 1 is 1.22 bits per heavy atom. The minimum Gasteiger partial charge on any atom is -0.466 e. The zero-order valence-electron chi connectivity index (χ0n) is 18.3. The Hall–Kier alpha value is -3.42. The normalized spacial score (nSPS) is 16.2. The molecule has 1 aromatic carbocycles. The molecule has 1 aliphatic heterocycles. The standard InChI is InChI=1S/C24H27FN4O3/c1-16-12-21(17(2)32-16)24(31)26-14-20-8-3-4-11-28(20)22-9-10-23(30)29(27-22)15-18-6-5-7-19(25)13-18/h5-7,9-10,12-13,20H,3-4,8,11,14-15H2,1-2H3,(H,26,31). The molecule has 32 heavy (non-hydrogen) atoms. The number of furan rings is 1. The van der Waals surface area contributed by atoms with E-state index in [1.54, 1.807) is 31.2 Å². The van der Waals surface area contributed by atoms with E-state index in [4.69, 9.17) is 4.42 Å². The third kappa shape index (κ3) is 4.90. The van der Waals surface area contributed by atoms with Gasteiger partial charge in [-0.15, -0.1) is 0 Å². The molecule has 1 fully saturated rings. The molecule has 7 nitrogen and oxygen atoms in total. The van der Waals surface area contributed by atoms with Crippen molar-refractivity contribution in [1.82, 2.24) is 15.1 Å². The third-order valence-electron chi connectivity index (χ3n) is 5.78. The Morgan fingerprint density at radius 3 is 2.81 bits per heavy atom. The summed E-state index contributed by atoms with van der Waals surface area (Å²) in [5, 5.41) is 7.57. The highest BCUT2D eigenvalue weighted by molar-refractivity contribution is 5.95. The fourth-order valence-electron chi connectivity index (χ4n) is 4.19. The molecular weight excluding hydrogens is 411 g/mol. The highest BCUT2D eigenvalue weighted by Gasteiger charge is 2.25. The van der Waals surface area contributed by atoms with Crippen LogP contribution in [0.25, 0.3) is 0 Å². The van der Waals surface area contributed by atoms with Crippen LogP contribution in [0.1, 0.15) is 46.7 Å². The number of benzene rings is 1. The zero-order chi connectivity index (χ0) is 22.7. The molecule has 1 atom stereocenters. The van der Waals surface area contributed by atoms with Gasteiger partial charge in [-0.3, -0.25) is 9.59 Å². The second-order valence-electron chi connectivity index (χ2n) is 8.20. The van der Waals surface area contributed by atoms with Crippen LogP contribution in [0.3, 0.4) is 0 Å². The van der Waals surface area contributed by atoms with E-state index in [9.17, 15) is 14.0 Å². The van der Waals surface area contributed by atoms with Crippen molar-refractivity contribution >= 4 is 11.7 Å². The molecule has 1 saturated heterocycles. The average Bonchev–Trinajstić information content (AvgIpc) is 3.12. The fourth-order valence-corrected chi connectivity index (χ4v) is 4.19. The maximum Gasteiger partial charge on any atom is 0.267 e. The molecule has 0 spiro atoms. The SMILES string of the molecule is Cc1cc(C(=O)NCC2CCCCN2c2ccc(=O)n(Cc3cccc(F)c3)n2)c(C)o1. The van der Waals surface area contributed by atoms with Crippen molar-refractivity contribution in [3.05, 3.63) is 81.3 Å². The molecule has 0 bridgehead atoms. The van der Waals surface area contributed by atoms with Gasteiger partial charge in [0.15, 0.2) is 0 Å². The number of aryl methyl sites for hydroxylation is 2. The molecule has 3 aromatic rings. The predicted molar refractivity (Wildman–Crippen MR) is 119 cm³/mol. The first-order chi connectivity index (χ1) is 15.4. The van der Waals surface area contributed by atoms with E-state index in [-0.39, 0.29) is 29.9 Å². The lowest BCUT2D eigenvalue weighted by atomic mass is 10.0. The molecule has 0 aliphatic carbocycles. The second kappa shape index (κ2) is 9.38. The number of halogens is 1. The van der Waals surface area contributed by atoms with Gasteiger partial charge in [-0.1, -0.05) is 12.1 Å². The number of hydrogen-bond donors (Lipinski definition) is 1. The monoisotopic (exact) mass is 438 g/mol. The number of carbonyl (C=O) groups is 1. The number of nitrogens with zero attached hydrogens (tertiary/aromatic N) is 3. The molecule has 0 radical (unpaired) electrons. The topological polar surface area (TPSA) is 80.4 Å². The van der Waals surface area contributed by atoms with Crippen LogP contribution in [0.4, 0.5) is 10.2 Å². The van der Waals surface area contributed by atoms with E-state index in [1.165, 1.54) is 22.9 Å². The number of anilines is 1. The maximum atomic E-state index is 13.5. The summed E-state index contributed by atoms with van der Waals surface area (Å²) in [5.41, 5.74) is 0.974. The molecule has 1 aliphatic rings. The molecule has 1 amide bonds. The summed E-state index contributed by atoms with van der Waals surface area (Å²) in [6.07, 6.45) is 2.98. The van der Waals surface area contributed by atoms with Crippen molar-refractivity contribution in [1.29, 1.82) is 0 Å². The van der Waals surface area contributed by atoms with Crippen molar-refractivity contribution in [2.24, 2.45) is 0 Å². The molecule has 0 saturated carbocycles. The van der Waals surface area contributed by atoms with Gasteiger partial charge in [0.05, 0.1) is 12.1 Å². The Kier molecular flexibility index (Phi) is 6.39. The van der Waals surface area contributed by atoms with Crippen LogP contribution < -0.4 is 15.8 Å². The van der Waals surface area contributed by atoms with Crippen molar-refractivity contribution in [3.63, 3.8) is 0 Å². The lowest BCUT2D eigenvalue weighted by Gasteiger charge is -2.36. The molecule has 2 aromatic heterocycles. The summed E-state index contributed by atoms with van der Waals surface area (Å²) in [4.78, 5) is 27.1. The Morgan fingerprint density at radius 2 is 2.06 bits per heavy atom. The summed E-state index contributed by atoms with van der Waals surface area (Å²) in [6, 6.07) is 11.2. The Bertz CT molecular complexity index is 1170. The Balaban J connectivity index is 1.50. The van der Waals surface area contributed by atoms with E-state index in [0.29, 0.717) is 35.0 Å². The van der Waals surface area contributed by atoms with Crippen LogP contribution in [0.5, 0.6) is 0 Å². The van der Waals surface area contributed by atoms with E-state index < -0.39 is 0 Å². The minimum atomic E-state index is -0.346. The highest BCUT2D eigenvalue weighted by Crippen LogP contribution is 2.22. The number of carbonyl (C=O) groups excluding carboxylic acids is 1. The smallest absolute Gasteiger partial charge is 0.267 e. The number of hydrogen-bond acceptors (Lipinski definition) is 5. The zero-order valence-corrected chi connectivity index (χ0v) is 18.3. The number of aromatic nitrogens is 2. The van der Waals surface area contributed by atoms with E-state index >= 15 is 0 Å². The van der Waals surface area contributed by atoms with Crippen LogP contribution in [0.15, 0.2) is 51.7 Å². The number of nitrogens with one attached hydrogen (secondary N) is 1. The van der Waals surface area contributed by atoms with Crippen LogP contribution in [-0.2, 0) is 6.54 Å². The van der Waals surface area contributed by atoms with E-state index in [1.807, 2.05) is 6.92 Å². The van der Waals surface area contributed by atoms with Crippen molar-refractivity contribution < 1.29 is 13.6 Å². The van der Waals surface area contributed by atoms with Gasteiger partial charge in [0.25, 0.3) is 11.5 Å². The van der Waals surface area contributed by atoms with Gasteiger partial charge in [-0.05, 0) is 62.9 Å². The second-order valence-corrected chi connectivity index (χ2v) is 8.20. The number of piperidine rings is 1. The molecule has 168 valence electrons. The summed E-state index contributed by atoms with van der Waals surface area (Å²) < 4.78 is 20.3. The van der Waals surface area contributed by atoms with Crippen LogP contribution >= 0.6 is 0 Å². The van der Waals surface area contributed by atoms with Crippen molar-refractivity contribution in [3.8, 4) is 0 Å². The lowest BCUT2D eigenvalue weighted by molar-refractivity contribution is 0.0948. The largest absolute Gasteiger partial charge is 0.466 e. The van der Waals surface area contributed by atoms with Crippen molar-refractivity contribution in [2.45, 2.75) is 45.7 Å². The first-order valence-corrected chi connectivity index (χ1v) is 10.8. The van der Waals surface area contributed by atoms with Gasteiger partial charge in [-0.2, -0.15) is 5.10 Å². The Labute approximate surface area is 185 Å². The first kappa shape index (κ1) is 21.8. The first-order valence-electron chi connectivity index (χ1n) is 10.8. The van der Waals surface area contributed by atoms with Gasteiger partial charge in [0.1, 0.15) is 23.2 Å². The summed E-state index contributed by atoms with van der Waals surface area (Å²) in [5.74, 6) is 1.48. The summed E-state index contributed by atoms with van der Waals surface area (Å²) >= 11 is 0. The number of amides is 1. The molecule has 4 rings (SSSR count). The molecule has 1 unspecified atom stereocenters. The van der Waals surface area contributed by atoms with Crippen molar-refractivity contribution in [2.75, 3.05) is 18.0 Å².